The van der Waals surface area contributed by atoms with Crippen molar-refractivity contribution in [2.45, 2.75) is 19.5 Å². The SMILES string of the molecule is C=C1CN(C(C(=O)OCC)c2cc3ccccc3s2)Cc2ccccc21. The van der Waals surface area contributed by atoms with Gasteiger partial charge < -0.3 is 4.74 Å². The number of carbonyl (C=O) groups excluding carboxylic acids is 1. The Balaban J connectivity index is 1.74. The van der Waals surface area contributed by atoms with Gasteiger partial charge >= 0.3 is 5.97 Å². The lowest BCUT2D eigenvalue weighted by Gasteiger charge is -2.34. The van der Waals surface area contributed by atoms with Crippen molar-refractivity contribution in [2.24, 2.45) is 0 Å². The van der Waals surface area contributed by atoms with E-state index in [4.69, 9.17) is 4.74 Å². The molecule has 0 bridgehead atoms. The van der Waals surface area contributed by atoms with Crippen LogP contribution in [0, 0.1) is 0 Å². The molecule has 2 heterocycles. The topological polar surface area (TPSA) is 29.5 Å². The van der Waals surface area contributed by atoms with Crippen LogP contribution in [0.4, 0.5) is 0 Å². The molecule has 1 aliphatic heterocycles. The van der Waals surface area contributed by atoms with E-state index in [-0.39, 0.29) is 5.97 Å². The molecule has 0 saturated heterocycles. The van der Waals surface area contributed by atoms with Crippen molar-refractivity contribution in [2.75, 3.05) is 13.2 Å². The highest BCUT2D eigenvalue weighted by Crippen LogP contribution is 2.37. The van der Waals surface area contributed by atoms with Gasteiger partial charge in [-0.1, -0.05) is 49.0 Å². The second-order valence-electron chi connectivity index (χ2n) is 6.51. The third kappa shape index (κ3) is 3.06. The summed E-state index contributed by atoms with van der Waals surface area (Å²) in [6, 6.07) is 18.2. The molecule has 4 heteroatoms. The van der Waals surface area contributed by atoms with E-state index in [1.165, 1.54) is 15.8 Å². The number of rotatable bonds is 4. The van der Waals surface area contributed by atoms with E-state index in [9.17, 15) is 4.79 Å². The van der Waals surface area contributed by atoms with Crippen LogP contribution in [-0.4, -0.2) is 24.0 Å². The van der Waals surface area contributed by atoms with Crippen molar-refractivity contribution >= 4 is 33.0 Å². The number of hydrogen-bond donors (Lipinski definition) is 0. The summed E-state index contributed by atoms with van der Waals surface area (Å²) < 4.78 is 6.62. The highest BCUT2D eigenvalue weighted by Gasteiger charge is 2.33. The van der Waals surface area contributed by atoms with E-state index < -0.39 is 6.04 Å². The molecular formula is C22H21NO2S. The Bertz CT molecular complexity index is 942. The van der Waals surface area contributed by atoms with Gasteiger partial charge in [0.1, 0.15) is 6.04 Å². The molecule has 0 spiro atoms. The Morgan fingerprint density at radius 3 is 2.77 bits per heavy atom. The number of hydrogen-bond acceptors (Lipinski definition) is 4. The number of thiophene rings is 1. The highest BCUT2D eigenvalue weighted by atomic mass is 32.1. The lowest BCUT2D eigenvalue weighted by Crippen LogP contribution is -2.38. The van der Waals surface area contributed by atoms with Crippen LogP contribution in [0.1, 0.15) is 29.0 Å². The second kappa shape index (κ2) is 7.06. The summed E-state index contributed by atoms with van der Waals surface area (Å²) in [7, 11) is 0. The van der Waals surface area contributed by atoms with Crippen molar-refractivity contribution in [1.82, 2.24) is 4.90 Å². The molecule has 1 unspecified atom stereocenters. The summed E-state index contributed by atoms with van der Waals surface area (Å²) in [5, 5.41) is 1.16. The van der Waals surface area contributed by atoms with Crippen LogP contribution in [0.5, 0.6) is 0 Å². The molecule has 2 aromatic carbocycles. The fraction of sp³-hybridized carbons (Fsp3) is 0.227. The second-order valence-corrected chi connectivity index (χ2v) is 7.62. The third-order valence-corrected chi connectivity index (χ3v) is 5.92. The maximum atomic E-state index is 12.9. The summed E-state index contributed by atoms with van der Waals surface area (Å²) in [6.45, 7) is 7.85. The van der Waals surface area contributed by atoms with Crippen molar-refractivity contribution < 1.29 is 9.53 Å². The summed E-state index contributed by atoms with van der Waals surface area (Å²) in [6.07, 6.45) is 0. The molecule has 0 radical (unpaired) electrons. The average molecular weight is 363 g/mol. The number of fused-ring (bicyclic) bond motifs is 2. The highest BCUT2D eigenvalue weighted by molar-refractivity contribution is 7.19. The van der Waals surface area contributed by atoms with Crippen LogP contribution >= 0.6 is 11.3 Å². The third-order valence-electron chi connectivity index (χ3n) is 4.75. The monoisotopic (exact) mass is 363 g/mol. The molecule has 3 nitrogen and oxygen atoms in total. The standard InChI is InChI=1S/C22H21NO2S/c1-3-25-22(24)21(20-12-16-8-5-7-11-19(16)26-20)23-13-15(2)18-10-6-4-9-17(18)14-23/h4-12,21H,2-3,13-14H2,1H3. The number of carbonyl (C=O) groups is 1. The van der Waals surface area contributed by atoms with Gasteiger partial charge in [-0.3, -0.25) is 4.90 Å². The molecule has 4 rings (SSSR count). The molecular weight excluding hydrogens is 342 g/mol. The Morgan fingerprint density at radius 1 is 1.19 bits per heavy atom. The first-order valence-electron chi connectivity index (χ1n) is 8.82. The first kappa shape index (κ1) is 17.0. The Labute approximate surface area is 157 Å². The van der Waals surface area contributed by atoms with Gasteiger partial charge in [-0.15, -0.1) is 11.3 Å². The van der Waals surface area contributed by atoms with Crippen LogP contribution in [-0.2, 0) is 16.1 Å². The maximum absolute atomic E-state index is 12.9. The Kier molecular flexibility index (Phi) is 4.62. The zero-order valence-electron chi connectivity index (χ0n) is 14.8. The van der Waals surface area contributed by atoms with Gasteiger partial charge in [0.15, 0.2) is 0 Å². The molecule has 1 aliphatic rings. The number of esters is 1. The predicted octanol–water partition coefficient (Wildman–Crippen LogP) is 5.03. The summed E-state index contributed by atoms with van der Waals surface area (Å²) in [5.41, 5.74) is 3.45. The zero-order chi connectivity index (χ0) is 18.1. The van der Waals surface area contributed by atoms with E-state index in [0.29, 0.717) is 19.7 Å². The lowest BCUT2D eigenvalue weighted by molar-refractivity contribution is -0.149. The molecule has 0 fully saturated rings. The van der Waals surface area contributed by atoms with Gasteiger partial charge in [-0.2, -0.15) is 0 Å². The van der Waals surface area contributed by atoms with Gasteiger partial charge in [0.2, 0.25) is 0 Å². The molecule has 3 aromatic rings. The number of nitrogens with zero attached hydrogens (tertiary/aromatic N) is 1. The van der Waals surface area contributed by atoms with E-state index >= 15 is 0 Å². The zero-order valence-corrected chi connectivity index (χ0v) is 15.6. The van der Waals surface area contributed by atoms with Crippen LogP contribution < -0.4 is 0 Å². The fourth-order valence-electron chi connectivity index (χ4n) is 3.59. The first-order chi connectivity index (χ1) is 12.7. The summed E-state index contributed by atoms with van der Waals surface area (Å²) in [5.74, 6) is -0.189. The van der Waals surface area contributed by atoms with E-state index in [2.05, 4.69) is 41.8 Å². The minimum Gasteiger partial charge on any atom is -0.465 e. The van der Waals surface area contributed by atoms with Gasteiger partial charge in [-0.05, 0) is 41.1 Å². The predicted molar refractivity (Wildman–Crippen MR) is 107 cm³/mol. The number of benzene rings is 2. The first-order valence-corrected chi connectivity index (χ1v) is 9.64. The summed E-state index contributed by atoms with van der Waals surface area (Å²) in [4.78, 5) is 16.1. The number of ether oxygens (including phenoxy) is 1. The van der Waals surface area contributed by atoms with Crippen LogP contribution in [0.15, 0.2) is 61.2 Å². The lowest BCUT2D eigenvalue weighted by atomic mass is 9.94. The minimum absolute atomic E-state index is 0.189. The quantitative estimate of drug-likeness (QED) is 0.609. The van der Waals surface area contributed by atoms with Crippen molar-refractivity contribution in [3.63, 3.8) is 0 Å². The van der Waals surface area contributed by atoms with E-state index in [1.54, 1.807) is 11.3 Å². The fourth-order valence-corrected chi connectivity index (χ4v) is 4.78. The average Bonchev–Trinajstić information content (AvgIpc) is 3.05. The Hall–Kier alpha value is -2.43. The molecule has 0 aliphatic carbocycles. The largest absolute Gasteiger partial charge is 0.465 e. The molecule has 132 valence electrons. The van der Waals surface area contributed by atoms with Crippen LogP contribution in [0.25, 0.3) is 15.7 Å². The summed E-state index contributed by atoms with van der Waals surface area (Å²) >= 11 is 1.66. The van der Waals surface area contributed by atoms with Gasteiger partial charge in [0.05, 0.1) is 6.61 Å². The van der Waals surface area contributed by atoms with Crippen LogP contribution in [0.3, 0.4) is 0 Å². The van der Waals surface area contributed by atoms with Crippen molar-refractivity contribution in [3.05, 3.63) is 77.2 Å². The van der Waals surface area contributed by atoms with Crippen molar-refractivity contribution in [1.29, 1.82) is 0 Å². The maximum Gasteiger partial charge on any atom is 0.328 e. The molecule has 1 atom stereocenters. The smallest absolute Gasteiger partial charge is 0.328 e. The van der Waals surface area contributed by atoms with Gasteiger partial charge in [-0.25, -0.2) is 4.79 Å². The van der Waals surface area contributed by atoms with Gasteiger partial charge in [0, 0.05) is 22.7 Å². The Morgan fingerprint density at radius 2 is 1.96 bits per heavy atom. The normalized spacial score (nSPS) is 15.7. The molecule has 0 N–H and O–H groups in total. The molecule has 0 amide bonds. The van der Waals surface area contributed by atoms with E-state index in [0.717, 1.165) is 15.8 Å². The van der Waals surface area contributed by atoms with Crippen molar-refractivity contribution in [3.8, 4) is 0 Å². The minimum atomic E-state index is -0.405. The van der Waals surface area contributed by atoms with Gasteiger partial charge in [0.25, 0.3) is 0 Å². The van der Waals surface area contributed by atoms with E-state index in [1.807, 2.05) is 31.2 Å². The molecule has 1 aromatic heterocycles. The van der Waals surface area contributed by atoms with Crippen LogP contribution in [0.2, 0.25) is 0 Å². The molecule has 0 saturated carbocycles. The molecule has 26 heavy (non-hydrogen) atoms.